The zero-order valence-electron chi connectivity index (χ0n) is 17.6. The highest BCUT2D eigenvalue weighted by Crippen LogP contribution is 2.27. The van der Waals surface area contributed by atoms with Gasteiger partial charge in [-0.05, 0) is 61.4 Å². The van der Waals surface area contributed by atoms with Crippen molar-refractivity contribution < 1.29 is 17.9 Å². The number of methoxy groups -OCH3 is 1. The summed E-state index contributed by atoms with van der Waals surface area (Å²) in [4.78, 5) is 12.5. The van der Waals surface area contributed by atoms with E-state index in [4.69, 9.17) is 4.74 Å². The number of rotatable bonds is 8. The van der Waals surface area contributed by atoms with Gasteiger partial charge in [-0.2, -0.15) is 4.31 Å². The fourth-order valence-corrected chi connectivity index (χ4v) is 5.53. The average molecular weight is 431 g/mol. The van der Waals surface area contributed by atoms with Crippen molar-refractivity contribution in [3.63, 3.8) is 0 Å². The Morgan fingerprint density at radius 3 is 2.40 bits per heavy atom. The Balaban J connectivity index is 1.53. The van der Waals surface area contributed by atoms with Crippen LogP contribution in [0.5, 0.6) is 0 Å². The standard InChI is InChI=1S/C23H30N2O4S/c1-18-5-3-4-6-22(18)30(27,28)25-14-11-20(12-15-25)17-19-7-9-21(10-8-19)23(26)24-13-16-29-2/h3-10,20H,11-17H2,1-2H3,(H,24,26). The summed E-state index contributed by atoms with van der Waals surface area (Å²) in [5, 5.41) is 2.81. The van der Waals surface area contributed by atoms with Crippen molar-refractivity contribution in [2.75, 3.05) is 33.4 Å². The number of hydrogen-bond acceptors (Lipinski definition) is 4. The first kappa shape index (κ1) is 22.5. The quantitative estimate of drug-likeness (QED) is 0.653. The minimum atomic E-state index is -3.43. The Bertz CT molecular complexity index is 949. The molecule has 0 bridgehead atoms. The molecule has 6 nitrogen and oxygen atoms in total. The molecule has 0 aromatic heterocycles. The second-order valence-corrected chi connectivity index (χ2v) is 9.67. The molecule has 2 aromatic rings. The molecule has 0 unspecified atom stereocenters. The second-order valence-electron chi connectivity index (χ2n) is 7.76. The number of nitrogens with one attached hydrogen (secondary N) is 1. The molecule has 1 saturated heterocycles. The number of benzene rings is 2. The van der Waals surface area contributed by atoms with E-state index < -0.39 is 10.0 Å². The summed E-state index contributed by atoms with van der Waals surface area (Å²) in [6.07, 6.45) is 2.57. The lowest BCUT2D eigenvalue weighted by Crippen LogP contribution is -2.39. The van der Waals surface area contributed by atoms with Crippen molar-refractivity contribution >= 4 is 15.9 Å². The predicted molar refractivity (Wildman–Crippen MR) is 117 cm³/mol. The Morgan fingerprint density at radius 2 is 1.77 bits per heavy atom. The van der Waals surface area contributed by atoms with Gasteiger partial charge in [0.2, 0.25) is 10.0 Å². The first-order valence-corrected chi connectivity index (χ1v) is 11.8. The molecule has 0 aliphatic carbocycles. The molecule has 1 aliphatic heterocycles. The summed E-state index contributed by atoms with van der Waals surface area (Å²) >= 11 is 0. The maximum atomic E-state index is 12.9. The van der Waals surface area contributed by atoms with Crippen molar-refractivity contribution in [2.45, 2.75) is 31.1 Å². The molecule has 0 saturated carbocycles. The molecule has 162 valence electrons. The van der Waals surface area contributed by atoms with Crippen LogP contribution in [0.3, 0.4) is 0 Å². The van der Waals surface area contributed by atoms with Crippen LogP contribution in [-0.4, -0.2) is 52.0 Å². The first-order valence-electron chi connectivity index (χ1n) is 10.3. The highest BCUT2D eigenvalue weighted by atomic mass is 32.2. The number of amides is 1. The van der Waals surface area contributed by atoms with Crippen LogP contribution >= 0.6 is 0 Å². The van der Waals surface area contributed by atoms with Crippen molar-refractivity contribution in [2.24, 2.45) is 5.92 Å². The molecule has 7 heteroatoms. The minimum absolute atomic E-state index is 0.103. The number of aryl methyl sites for hydroxylation is 1. The Labute approximate surface area is 179 Å². The maximum absolute atomic E-state index is 12.9. The molecular weight excluding hydrogens is 400 g/mol. The summed E-state index contributed by atoms with van der Waals surface area (Å²) in [7, 11) is -1.83. The van der Waals surface area contributed by atoms with E-state index in [1.54, 1.807) is 23.5 Å². The van der Waals surface area contributed by atoms with Gasteiger partial charge in [-0.3, -0.25) is 4.79 Å². The van der Waals surface area contributed by atoms with E-state index in [0.717, 1.165) is 24.8 Å². The van der Waals surface area contributed by atoms with Gasteiger partial charge in [0.1, 0.15) is 0 Å². The van der Waals surface area contributed by atoms with Gasteiger partial charge in [0.15, 0.2) is 0 Å². The van der Waals surface area contributed by atoms with Crippen LogP contribution < -0.4 is 5.32 Å². The number of piperidine rings is 1. The molecular formula is C23H30N2O4S. The number of hydrogen-bond donors (Lipinski definition) is 1. The average Bonchev–Trinajstić information content (AvgIpc) is 2.75. The van der Waals surface area contributed by atoms with Gasteiger partial charge in [0.25, 0.3) is 5.91 Å². The smallest absolute Gasteiger partial charge is 0.251 e. The minimum Gasteiger partial charge on any atom is -0.383 e. The molecule has 30 heavy (non-hydrogen) atoms. The van der Waals surface area contributed by atoms with Crippen molar-refractivity contribution in [3.8, 4) is 0 Å². The third-order valence-electron chi connectivity index (χ3n) is 5.62. The highest BCUT2D eigenvalue weighted by molar-refractivity contribution is 7.89. The third kappa shape index (κ3) is 5.47. The Morgan fingerprint density at radius 1 is 1.10 bits per heavy atom. The number of carbonyl (C=O) groups excluding carboxylic acids is 1. The number of ether oxygens (including phenoxy) is 1. The molecule has 0 radical (unpaired) electrons. The molecule has 1 aliphatic rings. The molecule has 2 aromatic carbocycles. The van der Waals surface area contributed by atoms with Gasteiger partial charge >= 0.3 is 0 Å². The number of nitrogens with zero attached hydrogens (tertiary/aromatic N) is 1. The Hall–Kier alpha value is -2.22. The summed E-state index contributed by atoms with van der Waals surface area (Å²) in [6.45, 7) is 3.90. The van der Waals surface area contributed by atoms with Crippen LogP contribution in [0, 0.1) is 12.8 Å². The second kappa shape index (κ2) is 10.2. The van der Waals surface area contributed by atoms with E-state index in [0.29, 0.717) is 42.6 Å². The normalized spacial score (nSPS) is 15.8. The lowest BCUT2D eigenvalue weighted by molar-refractivity contribution is 0.0937. The van der Waals surface area contributed by atoms with E-state index in [2.05, 4.69) is 5.32 Å². The van der Waals surface area contributed by atoms with E-state index in [-0.39, 0.29) is 5.91 Å². The monoisotopic (exact) mass is 430 g/mol. The Kier molecular flexibility index (Phi) is 7.64. The lowest BCUT2D eigenvalue weighted by atomic mass is 9.91. The first-order chi connectivity index (χ1) is 14.4. The van der Waals surface area contributed by atoms with E-state index >= 15 is 0 Å². The zero-order chi connectivity index (χ0) is 21.6. The fourth-order valence-electron chi connectivity index (χ4n) is 3.83. The molecule has 1 fully saturated rings. The van der Waals surface area contributed by atoms with Crippen molar-refractivity contribution in [3.05, 3.63) is 65.2 Å². The van der Waals surface area contributed by atoms with E-state index in [1.165, 1.54) is 5.56 Å². The van der Waals surface area contributed by atoms with Gasteiger partial charge in [0, 0.05) is 32.3 Å². The predicted octanol–water partition coefficient (Wildman–Crippen LogP) is 3.01. The lowest BCUT2D eigenvalue weighted by Gasteiger charge is -2.31. The maximum Gasteiger partial charge on any atom is 0.251 e. The van der Waals surface area contributed by atoms with Gasteiger partial charge < -0.3 is 10.1 Å². The van der Waals surface area contributed by atoms with Crippen LogP contribution in [0.4, 0.5) is 0 Å². The SMILES string of the molecule is COCCNC(=O)c1ccc(CC2CCN(S(=O)(=O)c3ccccc3C)CC2)cc1. The van der Waals surface area contributed by atoms with E-state index in [9.17, 15) is 13.2 Å². The topological polar surface area (TPSA) is 75.7 Å². The van der Waals surface area contributed by atoms with Gasteiger partial charge in [-0.25, -0.2) is 8.42 Å². The molecule has 1 heterocycles. The third-order valence-corrected chi connectivity index (χ3v) is 7.68. The van der Waals surface area contributed by atoms with Crippen molar-refractivity contribution in [1.29, 1.82) is 0 Å². The molecule has 1 N–H and O–H groups in total. The van der Waals surface area contributed by atoms with Crippen LogP contribution in [0.25, 0.3) is 0 Å². The zero-order valence-corrected chi connectivity index (χ0v) is 18.5. The summed E-state index contributed by atoms with van der Waals surface area (Å²) in [5.74, 6) is 0.336. The molecule has 3 rings (SSSR count). The molecule has 1 amide bonds. The largest absolute Gasteiger partial charge is 0.383 e. The van der Waals surface area contributed by atoms with Crippen LogP contribution in [0.1, 0.15) is 34.3 Å². The van der Waals surface area contributed by atoms with Gasteiger partial charge in [-0.1, -0.05) is 30.3 Å². The fraction of sp³-hybridized carbons (Fsp3) is 0.435. The van der Waals surface area contributed by atoms with Crippen molar-refractivity contribution in [1.82, 2.24) is 9.62 Å². The summed E-state index contributed by atoms with van der Waals surface area (Å²) in [5.41, 5.74) is 2.59. The van der Waals surface area contributed by atoms with Crippen LogP contribution in [-0.2, 0) is 21.2 Å². The van der Waals surface area contributed by atoms with Crippen LogP contribution in [0.2, 0.25) is 0 Å². The number of sulfonamides is 1. The molecule has 0 spiro atoms. The summed E-state index contributed by atoms with van der Waals surface area (Å²) in [6, 6.07) is 14.8. The molecule has 0 atom stereocenters. The summed E-state index contributed by atoms with van der Waals surface area (Å²) < 4.78 is 32.4. The highest BCUT2D eigenvalue weighted by Gasteiger charge is 2.30. The van der Waals surface area contributed by atoms with Gasteiger partial charge in [-0.15, -0.1) is 0 Å². The number of carbonyl (C=O) groups is 1. The van der Waals surface area contributed by atoms with Gasteiger partial charge in [0.05, 0.1) is 11.5 Å². The van der Waals surface area contributed by atoms with E-state index in [1.807, 2.05) is 43.3 Å². The van der Waals surface area contributed by atoms with Crippen LogP contribution in [0.15, 0.2) is 53.4 Å².